The lowest BCUT2D eigenvalue weighted by molar-refractivity contribution is -0.384. The number of nitrogens with one attached hydrogen (secondary N) is 2. The van der Waals surface area contributed by atoms with Gasteiger partial charge in [-0.2, -0.15) is 0 Å². The number of benzene rings is 3. The number of phenolic OH excluding ortho intramolecular Hbond substituents is 1. The average molecular weight is 435 g/mol. The topological polar surface area (TPSA) is 148 Å². The van der Waals surface area contributed by atoms with E-state index in [-0.39, 0.29) is 22.6 Å². The van der Waals surface area contributed by atoms with Crippen LogP contribution in [0.25, 0.3) is 11.1 Å². The number of hydrogen-bond donors (Lipinski definition) is 3. The number of phenols is 1. The lowest BCUT2D eigenvalue weighted by atomic mass is 10.0. The fourth-order valence-corrected chi connectivity index (χ4v) is 2.66. The van der Waals surface area contributed by atoms with Gasteiger partial charge in [-0.15, -0.1) is 0 Å². The number of esters is 1. The van der Waals surface area contributed by atoms with Crippen LogP contribution in [0.5, 0.6) is 5.75 Å². The lowest BCUT2D eigenvalue weighted by Crippen LogP contribution is -2.43. The van der Waals surface area contributed by atoms with Gasteiger partial charge in [-0.3, -0.25) is 30.6 Å². The number of hydrazine groups is 1. The number of ether oxygens (including phenoxy) is 1. The zero-order valence-corrected chi connectivity index (χ0v) is 16.5. The van der Waals surface area contributed by atoms with Crippen LogP contribution in [0.15, 0.2) is 72.8 Å². The molecule has 0 aliphatic carbocycles. The van der Waals surface area contributed by atoms with Crippen molar-refractivity contribution >= 4 is 23.5 Å². The van der Waals surface area contributed by atoms with Crippen molar-refractivity contribution < 1.29 is 29.2 Å². The van der Waals surface area contributed by atoms with Crippen LogP contribution < -0.4 is 10.9 Å². The van der Waals surface area contributed by atoms with Gasteiger partial charge in [0.25, 0.3) is 17.5 Å². The standard InChI is InChI=1S/C22H17N3O7/c26-19-10-8-15(9-11-19)14-4-6-16(7-5-14)22(29)32-13-20(27)23-24-21(28)17-2-1-3-18(12-17)25(30)31/h1-12,26H,13H2,(H,23,27)(H,24,28). The normalized spacial score (nSPS) is 10.1. The Hall–Kier alpha value is -4.73. The van der Waals surface area contributed by atoms with Crippen LogP contribution in [0, 0.1) is 10.1 Å². The van der Waals surface area contributed by atoms with Gasteiger partial charge in [0, 0.05) is 17.7 Å². The van der Waals surface area contributed by atoms with Crippen molar-refractivity contribution in [3.05, 3.63) is 94.0 Å². The van der Waals surface area contributed by atoms with E-state index in [4.69, 9.17) is 4.74 Å². The van der Waals surface area contributed by atoms with Crippen LogP contribution in [-0.2, 0) is 9.53 Å². The molecule has 0 aromatic heterocycles. The van der Waals surface area contributed by atoms with Crippen molar-refractivity contribution in [2.45, 2.75) is 0 Å². The Balaban J connectivity index is 1.48. The van der Waals surface area contributed by atoms with Gasteiger partial charge in [0.05, 0.1) is 10.5 Å². The maximum Gasteiger partial charge on any atom is 0.338 e. The number of carbonyl (C=O) groups excluding carboxylic acids is 3. The first kappa shape index (κ1) is 22.0. The smallest absolute Gasteiger partial charge is 0.338 e. The molecule has 0 spiro atoms. The molecule has 0 atom stereocenters. The molecule has 3 aromatic rings. The van der Waals surface area contributed by atoms with E-state index >= 15 is 0 Å². The first-order chi connectivity index (χ1) is 15.3. The van der Waals surface area contributed by atoms with E-state index in [1.807, 2.05) is 0 Å². The van der Waals surface area contributed by atoms with Gasteiger partial charge in [-0.05, 0) is 41.5 Å². The number of non-ortho nitro benzene ring substituents is 1. The second-order valence-electron chi connectivity index (χ2n) is 6.51. The maximum atomic E-state index is 12.1. The largest absolute Gasteiger partial charge is 0.508 e. The second kappa shape index (κ2) is 9.85. The number of carbonyl (C=O) groups is 3. The number of nitro benzene ring substituents is 1. The minimum atomic E-state index is -0.794. The van der Waals surface area contributed by atoms with E-state index in [0.29, 0.717) is 0 Å². The van der Waals surface area contributed by atoms with Gasteiger partial charge in [-0.25, -0.2) is 4.79 Å². The molecular formula is C22H17N3O7. The van der Waals surface area contributed by atoms with Gasteiger partial charge >= 0.3 is 5.97 Å². The van der Waals surface area contributed by atoms with Crippen molar-refractivity contribution in [3.63, 3.8) is 0 Å². The fourth-order valence-electron chi connectivity index (χ4n) is 2.66. The lowest BCUT2D eigenvalue weighted by Gasteiger charge is -2.08. The summed E-state index contributed by atoms with van der Waals surface area (Å²) in [6.07, 6.45) is 0. The van der Waals surface area contributed by atoms with Crippen LogP contribution in [-0.4, -0.2) is 34.4 Å². The van der Waals surface area contributed by atoms with Gasteiger partial charge in [0.1, 0.15) is 5.75 Å². The Kier molecular flexibility index (Phi) is 6.76. The summed E-state index contributed by atoms with van der Waals surface area (Å²) in [6.45, 7) is -0.645. The Bertz CT molecular complexity index is 1160. The third kappa shape index (κ3) is 5.66. The molecule has 0 aliphatic rings. The molecule has 10 heteroatoms. The van der Waals surface area contributed by atoms with Crippen molar-refractivity contribution in [2.75, 3.05) is 6.61 Å². The highest BCUT2D eigenvalue weighted by molar-refractivity contribution is 5.96. The zero-order chi connectivity index (χ0) is 23.1. The first-order valence-corrected chi connectivity index (χ1v) is 9.24. The predicted octanol–water partition coefficient (Wildman–Crippen LogP) is 2.59. The maximum absolute atomic E-state index is 12.1. The highest BCUT2D eigenvalue weighted by Gasteiger charge is 2.14. The Morgan fingerprint density at radius 1 is 0.875 bits per heavy atom. The molecule has 0 fully saturated rings. The molecule has 32 heavy (non-hydrogen) atoms. The van der Waals surface area contributed by atoms with Gasteiger partial charge in [0.15, 0.2) is 6.61 Å². The van der Waals surface area contributed by atoms with Crippen molar-refractivity contribution in [2.24, 2.45) is 0 Å². The molecular weight excluding hydrogens is 418 g/mol. The summed E-state index contributed by atoms with van der Waals surface area (Å²) in [5.74, 6) is -2.15. The minimum Gasteiger partial charge on any atom is -0.508 e. The summed E-state index contributed by atoms with van der Waals surface area (Å²) in [4.78, 5) is 46.0. The number of amides is 2. The van der Waals surface area contributed by atoms with Crippen LogP contribution in [0.4, 0.5) is 5.69 Å². The minimum absolute atomic E-state index is 0.0230. The fraction of sp³-hybridized carbons (Fsp3) is 0.0455. The third-order valence-corrected chi connectivity index (χ3v) is 4.29. The molecule has 0 radical (unpaired) electrons. The molecule has 10 nitrogen and oxygen atoms in total. The molecule has 0 heterocycles. The Morgan fingerprint density at radius 3 is 2.12 bits per heavy atom. The summed E-state index contributed by atoms with van der Waals surface area (Å²) in [7, 11) is 0. The molecule has 162 valence electrons. The Morgan fingerprint density at radius 2 is 1.50 bits per heavy atom. The van der Waals surface area contributed by atoms with Gasteiger partial charge in [-0.1, -0.05) is 30.3 Å². The molecule has 3 N–H and O–H groups in total. The summed E-state index contributed by atoms with van der Waals surface area (Å²) in [6, 6.07) is 18.0. The summed E-state index contributed by atoms with van der Waals surface area (Å²) in [5, 5.41) is 20.1. The molecule has 0 aliphatic heterocycles. The molecule has 3 rings (SSSR count). The zero-order valence-electron chi connectivity index (χ0n) is 16.5. The van der Waals surface area contributed by atoms with Crippen LogP contribution in [0.3, 0.4) is 0 Å². The highest BCUT2D eigenvalue weighted by atomic mass is 16.6. The van der Waals surface area contributed by atoms with Gasteiger partial charge < -0.3 is 9.84 Å². The third-order valence-electron chi connectivity index (χ3n) is 4.29. The SMILES string of the molecule is O=C(COC(=O)c1ccc(-c2ccc(O)cc2)cc1)NNC(=O)c1cccc([N+](=O)[O-])c1. The molecule has 3 aromatic carbocycles. The average Bonchev–Trinajstić information content (AvgIpc) is 2.81. The van der Waals surface area contributed by atoms with Gasteiger partial charge in [0.2, 0.25) is 0 Å². The van der Waals surface area contributed by atoms with E-state index < -0.39 is 29.3 Å². The molecule has 0 saturated carbocycles. The molecule has 0 saturated heterocycles. The van der Waals surface area contributed by atoms with E-state index in [0.717, 1.165) is 17.2 Å². The molecule has 0 unspecified atom stereocenters. The van der Waals surface area contributed by atoms with Crippen molar-refractivity contribution in [1.29, 1.82) is 0 Å². The first-order valence-electron chi connectivity index (χ1n) is 9.24. The van der Waals surface area contributed by atoms with Crippen LogP contribution in [0.2, 0.25) is 0 Å². The monoisotopic (exact) mass is 435 g/mol. The quantitative estimate of drug-likeness (QED) is 0.306. The van der Waals surface area contributed by atoms with E-state index in [1.165, 1.54) is 30.3 Å². The number of nitro groups is 1. The van der Waals surface area contributed by atoms with E-state index in [9.17, 15) is 29.6 Å². The highest BCUT2D eigenvalue weighted by Crippen LogP contribution is 2.22. The summed E-state index contributed by atoms with van der Waals surface area (Å²) in [5.41, 5.74) is 5.76. The number of hydrogen-bond acceptors (Lipinski definition) is 7. The number of nitrogens with zero attached hydrogens (tertiary/aromatic N) is 1. The van der Waals surface area contributed by atoms with Crippen molar-refractivity contribution in [3.8, 4) is 16.9 Å². The van der Waals surface area contributed by atoms with Crippen LogP contribution in [0.1, 0.15) is 20.7 Å². The summed E-state index contributed by atoms with van der Waals surface area (Å²) < 4.78 is 4.92. The number of aromatic hydroxyl groups is 1. The predicted molar refractivity (Wildman–Crippen MR) is 113 cm³/mol. The van der Waals surface area contributed by atoms with Crippen LogP contribution >= 0.6 is 0 Å². The molecule has 0 bridgehead atoms. The number of rotatable bonds is 6. The van der Waals surface area contributed by atoms with E-state index in [1.54, 1.807) is 36.4 Å². The summed E-state index contributed by atoms with van der Waals surface area (Å²) >= 11 is 0. The van der Waals surface area contributed by atoms with E-state index in [2.05, 4.69) is 10.9 Å². The Labute approximate surface area is 181 Å². The molecule has 2 amide bonds. The van der Waals surface area contributed by atoms with Crippen molar-refractivity contribution in [1.82, 2.24) is 10.9 Å². The second-order valence-corrected chi connectivity index (χ2v) is 6.51.